The summed E-state index contributed by atoms with van der Waals surface area (Å²) >= 11 is 0. The Kier molecular flexibility index (Phi) is 5.03. The second kappa shape index (κ2) is 6.65. The minimum Gasteiger partial charge on any atom is -0.479 e. The number of morpholine rings is 1. The molecule has 1 unspecified atom stereocenters. The first-order valence-corrected chi connectivity index (χ1v) is 8.64. The third-order valence-corrected chi connectivity index (χ3v) is 4.10. The molecular weight excluding hydrogens is 324 g/mol. The Labute approximate surface area is 133 Å². The lowest BCUT2D eigenvalue weighted by molar-refractivity contribution is -0.160. The van der Waals surface area contributed by atoms with Crippen LogP contribution >= 0.6 is 0 Å². The number of nitrogens with two attached hydrogens (primary N) is 1. The van der Waals surface area contributed by atoms with E-state index in [1.54, 1.807) is 25.1 Å². The van der Waals surface area contributed by atoms with Gasteiger partial charge in [0.1, 0.15) is 0 Å². The van der Waals surface area contributed by atoms with E-state index in [1.165, 1.54) is 11.0 Å². The second-order valence-electron chi connectivity index (χ2n) is 5.49. The summed E-state index contributed by atoms with van der Waals surface area (Å²) in [4.78, 5) is 25.0. The third-order valence-electron chi connectivity index (χ3n) is 3.36. The van der Waals surface area contributed by atoms with Crippen molar-refractivity contribution >= 4 is 21.9 Å². The summed E-state index contributed by atoms with van der Waals surface area (Å²) in [5, 5.41) is 14.1. The number of carbonyl (C=O) groups is 2. The number of sulfonamides is 1. The first kappa shape index (κ1) is 17.4. The van der Waals surface area contributed by atoms with Crippen LogP contribution in [0.1, 0.15) is 22.8 Å². The van der Waals surface area contributed by atoms with Crippen LogP contribution < -0.4 is 5.14 Å². The molecule has 2 rings (SSSR count). The molecule has 8 nitrogen and oxygen atoms in total. The van der Waals surface area contributed by atoms with Gasteiger partial charge in [-0.15, -0.1) is 0 Å². The van der Waals surface area contributed by atoms with E-state index < -0.39 is 28.2 Å². The predicted molar refractivity (Wildman–Crippen MR) is 81.1 cm³/mol. The standard InChI is InChI=1S/C14H18N2O6S/c1-9-6-16(7-12(22-9)14(18)19)13(17)11-4-2-3-10(5-11)8-23(15,20)21/h2-5,9,12H,6-8H2,1H3,(H,18,19)(H2,15,20,21)/t9-,12?/m1/s1. The second-order valence-corrected chi connectivity index (χ2v) is 7.11. The molecule has 0 radical (unpaired) electrons. The van der Waals surface area contributed by atoms with Crippen molar-refractivity contribution < 1.29 is 27.9 Å². The molecule has 1 heterocycles. The van der Waals surface area contributed by atoms with Gasteiger partial charge in [0.15, 0.2) is 6.10 Å². The number of amides is 1. The molecular formula is C14H18N2O6S. The number of carboxylic acids is 1. The average Bonchev–Trinajstić information content (AvgIpc) is 2.44. The van der Waals surface area contributed by atoms with Gasteiger partial charge in [-0.2, -0.15) is 0 Å². The monoisotopic (exact) mass is 342 g/mol. The highest BCUT2D eigenvalue weighted by atomic mass is 32.2. The van der Waals surface area contributed by atoms with Gasteiger partial charge in [-0.3, -0.25) is 4.79 Å². The Morgan fingerprint density at radius 2 is 2.09 bits per heavy atom. The van der Waals surface area contributed by atoms with Gasteiger partial charge in [0.05, 0.1) is 18.4 Å². The SMILES string of the molecule is C[C@@H]1CN(C(=O)c2cccc(CS(N)(=O)=O)c2)CC(C(=O)O)O1. The highest BCUT2D eigenvalue weighted by Gasteiger charge is 2.33. The van der Waals surface area contributed by atoms with Crippen molar-refractivity contribution in [3.63, 3.8) is 0 Å². The molecule has 0 bridgehead atoms. The fourth-order valence-corrected chi connectivity index (χ4v) is 3.11. The lowest BCUT2D eigenvalue weighted by Gasteiger charge is -2.35. The topological polar surface area (TPSA) is 127 Å². The first-order valence-electron chi connectivity index (χ1n) is 6.92. The fourth-order valence-electron chi connectivity index (χ4n) is 2.46. The molecule has 1 aromatic rings. The van der Waals surface area contributed by atoms with Gasteiger partial charge in [0, 0.05) is 12.1 Å². The normalized spacial score (nSPS) is 21.9. The number of hydrogen-bond donors (Lipinski definition) is 2. The molecule has 9 heteroatoms. The molecule has 1 aromatic carbocycles. The van der Waals surface area contributed by atoms with E-state index >= 15 is 0 Å². The van der Waals surface area contributed by atoms with Gasteiger partial charge >= 0.3 is 5.97 Å². The van der Waals surface area contributed by atoms with Crippen molar-refractivity contribution in [2.24, 2.45) is 5.14 Å². The number of nitrogens with zero attached hydrogens (tertiary/aromatic N) is 1. The molecule has 0 spiro atoms. The minimum atomic E-state index is -3.70. The smallest absolute Gasteiger partial charge is 0.334 e. The van der Waals surface area contributed by atoms with Crippen molar-refractivity contribution in [2.45, 2.75) is 24.9 Å². The maximum absolute atomic E-state index is 12.5. The van der Waals surface area contributed by atoms with E-state index in [0.29, 0.717) is 5.56 Å². The lowest BCUT2D eigenvalue weighted by atomic mass is 10.1. The van der Waals surface area contributed by atoms with Crippen LogP contribution in [0.4, 0.5) is 0 Å². The van der Waals surface area contributed by atoms with Crippen LogP contribution in [0.2, 0.25) is 0 Å². The third kappa shape index (κ3) is 4.75. The number of primary sulfonamides is 1. The van der Waals surface area contributed by atoms with E-state index in [2.05, 4.69) is 0 Å². The zero-order chi connectivity index (χ0) is 17.2. The molecule has 3 N–H and O–H groups in total. The van der Waals surface area contributed by atoms with E-state index in [-0.39, 0.29) is 30.3 Å². The van der Waals surface area contributed by atoms with Gasteiger partial charge in [-0.25, -0.2) is 18.4 Å². The van der Waals surface area contributed by atoms with Crippen molar-refractivity contribution in [1.82, 2.24) is 4.90 Å². The van der Waals surface area contributed by atoms with E-state index in [1.807, 2.05) is 0 Å². The highest BCUT2D eigenvalue weighted by molar-refractivity contribution is 7.88. The molecule has 1 saturated heterocycles. The molecule has 1 fully saturated rings. The van der Waals surface area contributed by atoms with Crippen LogP contribution in [0.25, 0.3) is 0 Å². The van der Waals surface area contributed by atoms with Crippen molar-refractivity contribution in [2.75, 3.05) is 13.1 Å². The number of hydrogen-bond acceptors (Lipinski definition) is 5. The average molecular weight is 342 g/mol. The molecule has 1 amide bonds. The van der Waals surface area contributed by atoms with Crippen molar-refractivity contribution in [3.05, 3.63) is 35.4 Å². The van der Waals surface area contributed by atoms with E-state index in [0.717, 1.165) is 0 Å². The number of rotatable bonds is 4. The number of ether oxygens (including phenoxy) is 1. The Hall–Kier alpha value is -1.97. The molecule has 0 aliphatic carbocycles. The summed E-state index contributed by atoms with van der Waals surface area (Å²) in [5.41, 5.74) is 0.679. The lowest BCUT2D eigenvalue weighted by Crippen LogP contribution is -2.51. The quantitative estimate of drug-likeness (QED) is 0.779. The van der Waals surface area contributed by atoms with Crippen LogP contribution in [0.5, 0.6) is 0 Å². The molecule has 1 aliphatic rings. The molecule has 23 heavy (non-hydrogen) atoms. The summed E-state index contributed by atoms with van der Waals surface area (Å²) in [6, 6.07) is 6.11. The predicted octanol–water partition coefficient (Wildman–Crippen LogP) is -0.211. The van der Waals surface area contributed by atoms with Gasteiger partial charge in [0.25, 0.3) is 5.91 Å². The van der Waals surface area contributed by atoms with E-state index in [9.17, 15) is 18.0 Å². The van der Waals surface area contributed by atoms with Crippen LogP contribution in [-0.2, 0) is 25.3 Å². The van der Waals surface area contributed by atoms with Gasteiger partial charge in [0.2, 0.25) is 10.0 Å². The Bertz CT molecular complexity index is 718. The van der Waals surface area contributed by atoms with Gasteiger partial charge in [-0.05, 0) is 24.6 Å². The highest BCUT2D eigenvalue weighted by Crippen LogP contribution is 2.16. The number of carboxylic acid groups (broad SMARTS) is 1. The summed E-state index contributed by atoms with van der Waals surface area (Å²) < 4.78 is 27.6. The Morgan fingerprint density at radius 1 is 1.39 bits per heavy atom. The van der Waals surface area contributed by atoms with Gasteiger partial charge in [-0.1, -0.05) is 12.1 Å². The first-order chi connectivity index (χ1) is 10.7. The zero-order valence-electron chi connectivity index (χ0n) is 12.5. The fraction of sp³-hybridized carbons (Fsp3) is 0.429. The zero-order valence-corrected chi connectivity index (χ0v) is 13.3. The molecule has 126 valence electrons. The molecule has 0 aromatic heterocycles. The molecule has 1 aliphatic heterocycles. The van der Waals surface area contributed by atoms with Crippen molar-refractivity contribution in [3.8, 4) is 0 Å². The maximum Gasteiger partial charge on any atom is 0.334 e. The van der Waals surface area contributed by atoms with Crippen LogP contribution in [0.3, 0.4) is 0 Å². The molecule has 0 saturated carbocycles. The van der Waals surface area contributed by atoms with Crippen LogP contribution in [-0.4, -0.2) is 55.6 Å². The number of aliphatic carboxylic acids is 1. The minimum absolute atomic E-state index is 0.0576. The van der Waals surface area contributed by atoms with Crippen LogP contribution in [0.15, 0.2) is 24.3 Å². The van der Waals surface area contributed by atoms with Crippen molar-refractivity contribution in [1.29, 1.82) is 0 Å². The van der Waals surface area contributed by atoms with Gasteiger partial charge < -0.3 is 14.7 Å². The Balaban J connectivity index is 2.19. The summed E-state index contributed by atoms with van der Waals surface area (Å²) in [5.74, 6) is -1.87. The van der Waals surface area contributed by atoms with Crippen LogP contribution in [0, 0.1) is 0 Å². The summed E-state index contributed by atoms with van der Waals surface area (Å²) in [6.07, 6.45) is -1.48. The number of carbonyl (C=O) groups excluding carboxylic acids is 1. The summed E-state index contributed by atoms with van der Waals surface area (Å²) in [6.45, 7) is 1.90. The largest absolute Gasteiger partial charge is 0.479 e. The summed E-state index contributed by atoms with van der Waals surface area (Å²) in [7, 11) is -3.70. The Morgan fingerprint density at radius 3 is 2.70 bits per heavy atom. The van der Waals surface area contributed by atoms with E-state index in [4.69, 9.17) is 15.0 Å². The number of benzene rings is 1. The molecule has 2 atom stereocenters. The maximum atomic E-state index is 12.5.